The van der Waals surface area contributed by atoms with Crippen molar-refractivity contribution in [2.75, 3.05) is 25.0 Å². The standard InChI is InChI=1S/C19H21N5O2/c1-23-8-3-5-16(23)18(25)24-9-7-19(13-24)10-15(12-26-19)22-17-6-2-4-14(11-20)21-17/h2-6,8,15H,7,9-10,12-13H2,1H3,(H,21,22). The lowest BCUT2D eigenvalue weighted by molar-refractivity contribution is 0.0124. The Hall–Kier alpha value is -2.85. The number of pyridine rings is 1. The van der Waals surface area contributed by atoms with Gasteiger partial charge in [-0.15, -0.1) is 0 Å². The van der Waals surface area contributed by atoms with Gasteiger partial charge in [-0.25, -0.2) is 4.98 Å². The van der Waals surface area contributed by atoms with E-state index >= 15 is 0 Å². The third-order valence-electron chi connectivity index (χ3n) is 5.19. The highest BCUT2D eigenvalue weighted by molar-refractivity contribution is 5.93. The fourth-order valence-electron chi connectivity index (χ4n) is 3.87. The van der Waals surface area contributed by atoms with Crippen molar-refractivity contribution in [2.45, 2.75) is 24.5 Å². The fraction of sp³-hybridized carbons (Fsp3) is 0.421. The number of ether oxygens (including phenoxy) is 1. The average molecular weight is 351 g/mol. The number of aromatic nitrogens is 2. The lowest BCUT2D eigenvalue weighted by Crippen LogP contribution is -2.36. The molecular formula is C19H21N5O2. The van der Waals surface area contributed by atoms with E-state index in [-0.39, 0.29) is 17.6 Å². The summed E-state index contributed by atoms with van der Waals surface area (Å²) in [6.45, 7) is 1.89. The second-order valence-corrected chi connectivity index (χ2v) is 7.04. The number of nitrogens with zero attached hydrogens (tertiary/aromatic N) is 4. The van der Waals surface area contributed by atoms with E-state index in [1.54, 1.807) is 6.07 Å². The molecule has 0 bridgehead atoms. The third-order valence-corrected chi connectivity index (χ3v) is 5.19. The molecule has 0 aliphatic carbocycles. The van der Waals surface area contributed by atoms with Gasteiger partial charge in [0, 0.05) is 26.2 Å². The SMILES string of the molecule is Cn1cccc1C(=O)N1CCC2(CC(Nc3cccc(C#N)n3)CO2)C1. The van der Waals surface area contributed by atoms with Crippen LogP contribution >= 0.6 is 0 Å². The van der Waals surface area contributed by atoms with Crippen LogP contribution in [0.1, 0.15) is 29.0 Å². The number of nitrogens with one attached hydrogen (secondary N) is 1. The summed E-state index contributed by atoms with van der Waals surface area (Å²) in [4.78, 5) is 18.8. The highest BCUT2D eigenvalue weighted by atomic mass is 16.5. The summed E-state index contributed by atoms with van der Waals surface area (Å²) in [6.07, 6.45) is 3.54. The summed E-state index contributed by atoms with van der Waals surface area (Å²) in [5.41, 5.74) is 0.807. The average Bonchev–Trinajstić information content (AvgIpc) is 3.36. The molecule has 2 unspecified atom stereocenters. The molecule has 1 amide bonds. The molecule has 1 spiro atoms. The maximum absolute atomic E-state index is 12.7. The van der Waals surface area contributed by atoms with Crippen LogP contribution in [0.3, 0.4) is 0 Å². The van der Waals surface area contributed by atoms with E-state index in [1.807, 2.05) is 53.0 Å². The van der Waals surface area contributed by atoms with Crippen LogP contribution in [0.5, 0.6) is 0 Å². The Morgan fingerprint density at radius 2 is 2.31 bits per heavy atom. The minimum absolute atomic E-state index is 0.0535. The van der Waals surface area contributed by atoms with E-state index in [0.717, 1.165) is 12.8 Å². The van der Waals surface area contributed by atoms with Gasteiger partial charge in [-0.05, 0) is 30.7 Å². The van der Waals surface area contributed by atoms with E-state index in [4.69, 9.17) is 10.00 Å². The van der Waals surface area contributed by atoms with Gasteiger partial charge in [-0.2, -0.15) is 5.26 Å². The Bertz CT molecular complexity index is 871. The Morgan fingerprint density at radius 1 is 1.42 bits per heavy atom. The molecule has 2 aliphatic rings. The largest absolute Gasteiger partial charge is 0.371 e. The minimum Gasteiger partial charge on any atom is -0.371 e. The van der Waals surface area contributed by atoms with Crippen LogP contribution in [0, 0.1) is 11.3 Å². The number of hydrogen-bond acceptors (Lipinski definition) is 5. The highest BCUT2D eigenvalue weighted by Crippen LogP contribution is 2.36. The van der Waals surface area contributed by atoms with Crippen molar-refractivity contribution in [2.24, 2.45) is 7.05 Å². The van der Waals surface area contributed by atoms with Crippen LogP contribution in [0.15, 0.2) is 36.5 Å². The lowest BCUT2D eigenvalue weighted by atomic mass is 9.97. The van der Waals surface area contributed by atoms with Crippen LogP contribution in [0.2, 0.25) is 0 Å². The van der Waals surface area contributed by atoms with Crippen LogP contribution < -0.4 is 5.32 Å². The summed E-state index contributed by atoms with van der Waals surface area (Å²) in [5.74, 6) is 0.738. The molecular weight excluding hydrogens is 330 g/mol. The summed E-state index contributed by atoms with van der Waals surface area (Å²) in [5, 5.41) is 12.3. The van der Waals surface area contributed by atoms with Gasteiger partial charge in [0.05, 0.1) is 24.8 Å². The van der Waals surface area contributed by atoms with E-state index in [0.29, 0.717) is 36.9 Å². The van der Waals surface area contributed by atoms with Gasteiger partial charge in [-0.3, -0.25) is 4.79 Å². The first kappa shape index (κ1) is 16.6. The third kappa shape index (κ3) is 3.04. The molecule has 26 heavy (non-hydrogen) atoms. The van der Waals surface area contributed by atoms with Crippen LogP contribution in [0.25, 0.3) is 0 Å². The quantitative estimate of drug-likeness (QED) is 0.911. The van der Waals surface area contributed by atoms with Crippen molar-refractivity contribution in [1.29, 1.82) is 5.26 Å². The first-order chi connectivity index (χ1) is 12.6. The summed E-state index contributed by atoms with van der Waals surface area (Å²) in [6, 6.07) is 11.3. The van der Waals surface area contributed by atoms with Crippen LogP contribution in [0.4, 0.5) is 5.82 Å². The summed E-state index contributed by atoms with van der Waals surface area (Å²) >= 11 is 0. The molecule has 0 aromatic carbocycles. The molecule has 0 radical (unpaired) electrons. The molecule has 4 rings (SSSR count). The van der Waals surface area contributed by atoms with Gasteiger partial charge >= 0.3 is 0 Å². The zero-order chi connectivity index (χ0) is 18.1. The van der Waals surface area contributed by atoms with Crippen LogP contribution in [-0.2, 0) is 11.8 Å². The van der Waals surface area contributed by atoms with Gasteiger partial charge in [0.2, 0.25) is 0 Å². The minimum atomic E-state index is -0.286. The Balaban J connectivity index is 1.40. The number of carbonyl (C=O) groups is 1. The monoisotopic (exact) mass is 351 g/mol. The smallest absolute Gasteiger partial charge is 0.270 e. The topological polar surface area (TPSA) is 83.2 Å². The van der Waals surface area contributed by atoms with E-state index in [9.17, 15) is 4.79 Å². The summed E-state index contributed by atoms with van der Waals surface area (Å²) < 4.78 is 7.96. The molecule has 2 saturated heterocycles. The van der Waals surface area contributed by atoms with Gasteiger partial charge in [-0.1, -0.05) is 6.07 Å². The number of aryl methyl sites for hydroxylation is 1. The molecule has 2 aromatic heterocycles. The highest BCUT2D eigenvalue weighted by Gasteiger charge is 2.47. The molecule has 2 aliphatic heterocycles. The first-order valence-electron chi connectivity index (χ1n) is 8.77. The Morgan fingerprint density at radius 3 is 3.08 bits per heavy atom. The molecule has 1 N–H and O–H groups in total. The number of nitriles is 1. The number of likely N-dealkylation sites (tertiary alicyclic amines) is 1. The molecule has 2 aromatic rings. The predicted octanol–water partition coefficient (Wildman–Crippen LogP) is 1.78. The second kappa shape index (κ2) is 6.46. The van der Waals surface area contributed by atoms with Crippen molar-refractivity contribution in [3.8, 4) is 6.07 Å². The van der Waals surface area contributed by atoms with Crippen molar-refractivity contribution in [1.82, 2.24) is 14.5 Å². The van der Waals surface area contributed by atoms with Gasteiger partial charge in [0.15, 0.2) is 0 Å². The van der Waals surface area contributed by atoms with E-state index in [2.05, 4.69) is 10.3 Å². The van der Waals surface area contributed by atoms with Crippen LogP contribution in [-0.4, -0.2) is 51.7 Å². The first-order valence-corrected chi connectivity index (χ1v) is 8.77. The van der Waals surface area contributed by atoms with Crippen molar-refractivity contribution < 1.29 is 9.53 Å². The molecule has 7 nitrogen and oxygen atoms in total. The number of amides is 1. The van der Waals surface area contributed by atoms with Gasteiger partial charge in [0.25, 0.3) is 5.91 Å². The normalized spacial score (nSPS) is 24.8. The van der Waals surface area contributed by atoms with Gasteiger partial charge < -0.3 is 19.5 Å². The molecule has 2 fully saturated rings. The molecule has 2 atom stereocenters. The number of carbonyl (C=O) groups excluding carboxylic acids is 1. The molecule has 4 heterocycles. The predicted molar refractivity (Wildman–Crippen MR) is 95.6 cm³/mol. The van der Waals surface area contributed by atoms with Crippen molar-refractivity contribution in [3.05, 3.63) is 47.9 Å². The van der Waals surface area contributed by atoms with E-state index < -0.39 is 0 Å². The molecule has 134 valence electrons. The van der Waals surface area contributed by atoms with E-state index in [1.165, 1.54) is 0 Å². The zero-order valence-corrected chi connectivity index (χ0v) is 14.7. The number of anilines is 1. The van der Waals surface area contributed by atoms with Crippen molar-refractivity contribution in [3.63, 3.8) is 0 Å². The summed E-state index contributed by atoms with van der Waals surface area (Å²) in [7, 11) is 1.88. The second-order valence-electron chi connectivity index (χ2n) is 7.04. The Kier molecular flexibility index (Phi) is 4.13. The lowest BCUT2D eigenvalue weighted by Gasteiger charge is -2.23. The molecule has 0 saturated carbocycles. The van der Waals surface area contributed by atoms with Gasteiger partial charge in [0.1, 0.15) is 23.3 Å². The maximum atomic E-state index is 12.7. The fourth-order valence-corrected chi connectivity index (χ4v) is 3.87. The maximum Gasteiger partial charge on any atom is 0.270 e. The number of rotatable bonds is 3. The van der Waals surface area contributed by atoms with Crippen molar-refractivity contribution >= 4 is 11.7 Å². The molecule has 7 heteroatoms. The zero-order valence-electron chi connectivity index (χ0n) is 14.7. The number of hydrogen-bond donors (Lipinski definition) is 1. The Labute approximate surface area is 152 Å².